The summed E-state index contributed by atoms with van der Waals surface area (Å²) in [6.45, 7) is 1.84. The van der Waals surface area contributed by atoms with Gasteiger partial charge in [0.1, 0.15) is 0 Å². The van der Waals surface area contributed by atoms with E-state index in [2.05, 4.69) is 15.4 Å². The highest BCUT2D eigenvalue weighted by molar-refractivity contribution is 5.95. The highest BCUT2D eigenvalue weighted by atomic mass is 19.4. The molecule has 1 atom stereocenters. The smallest absolute Gasteiger partial charge is 0.348 e. The Morgan fingerprint density at radius 2 is 1.90 bits per heavy atom. The van der Waals surface area contributed by atoms with Gasteiger partial charge in [-0.15, -0.1) is 0 Å². The van der Waals surface area contributed by atoms with E-state index in [1.54, 1.807) is 17.7 Å². The van der Waals surface area contributed by atoms with Crippen molar-refractivity contribution in [3.63, 3.8) is 0 Å². The quantitative estimate of drug-likeness (QED) is 0.623. The number of hydrogen-bond acceptors (Lipinski definition) is 3. The van der Waals surface area contributed by atoms with Crippen LogP contribution < -0.4 is 5.32 Å². The Kier molecular flexibility index (Phi) is 5.59. The van der Waals surface area contributed by atoms with E-state index in [1.807, 2.05) is 0 Å². The number of imidazole rings is 1. The minimum atomic E-state index is -5.04. The molecule has 2 aromatic heterocycles. The molecule has 3 rings (SSSR count). The van der Waals surface area contributed by atoms with Gasteiger partial charge >= 0.3 is 12.4 Å². The van der Waals surface area contributed by atoms with Gasteiger partial charge in [-0.3, -0.25) is 4.79 Å². The summed E-state index contributed by atoms with van der Waals surface area (Å²) in [5.74, 6) is -1.05. The fraction of sp³-hybridized carbons (Fsp3) is 0.278. The second kappa shape index (κ2) is 7.84. The van der Waals surface area contributed by atoms with Gasteiger partial charge in [0.05, 0.1) is 29.3 Å². The standard InChI is InChI=1S/C18H15F6N5O/c1-11(9-28-6-5-25-10-28)27-16(30)14-8-26-29(15(14)18(22,23)24)13-4-2-3-12(7-13)17(19,20)21/h2-8,10-11H,9H2,1H3,(H,27,30). The van der Waals surface area contributed by atoms with Crippen molar-refractivity contribution in [1.82, 2.24) is 24.6 Å². The number of rotatable bonds is 5. The van der Waals surface area contributed by atoms with Gasteiger partial charge in [0.15, 0.2) is 5.69 Å². The number of hydrogen-bond donors (Lipinski definition) is 1. The average Bonchev–Trinajstić information content (AvgIpc) is 3.30. The van der Waals surface area contributed by atoms with Crippen LogP contribution in [0.5, 0.6) is 0 Å². The second-order valence-corrected chi connectivity index (χ2v) is 6.50. The van der Waals surface area contributed by atoms with E-state index in [-0.39, 0.29) is 11.2 Å². The number of carbonyl (C=O) groups excluding carboxylic acids is 1. The molecule has 6 nitrogen and oxygen atoms in total. The lowest BCUT2D eigenvalue weighted by atomic mass is 10.1. The van der Waals surface area contributed by atoms with E-state index < -0.39 is 46.8 Å². The Morgan fingerprint density at radius 3 is 2.50 bits per heavy atom. The maximum absolute atomic E-state index is 13.7. The zero-order valence-electron chi connectivity index (χ0n) is 15.4. The van der Waals surface area contributed by atoms with Gasteiger partial charge < -0.3 is 9.88 Å². The summed E-state index contributed by atoms with van der Waals surface area (Å²) in [6, 6.07) is 2.72. The maximum Gasteiger partial charge on any atom is 0.434 e. The predicted molar refractivity (Wildman–Crippen MR) is 92.7 cm³/mol. The molecule has 0 saturated carbocycles. The fourth-order valence-corrected chi connectivity index (χ4v) is 2.86. The topological polar surface area (TPSA) is 64.7 Å². The van der Waals surface area contributed by atoms with Crippen molar-refractivity contribution < 1.29 is 31.1 Å². The highest BCUT2D eigenvalue weighted by Crippen LogP contribution is 2.35. The van der Waals surface area contributed by atoms with Gasteiger partial charge in [0.25, 0.3) is 5.91 Å². The summed E-state index contributed by atoms with van der Waals surface area (Å²) < 4.78 is 81.8. The molecule has 0 bridgehead atoms. The number of amides is 1. The molecule has 160 valence electrons. The predicted octanol–water partition coefficient (Wildman–Crippen LogP) is 3.92. The Balaban J connectivity index is 1.94. The first-order valence-electron chi connectivity index (χ1n) is 8.56. The Labute approximate surface area is 166 Å². The number of benzene rings is 1. The molecular weight excluding hydrogens is 416 g/mol. The molecule has 0 spiro atoms. The first-order chi connectivity index (χ1) is 14.0. The minimum Gasteiger partial charge on any atom is -0.348 e. The van der Waals surface area contributed by atoms with Crippen LogP contribution in [0.2, 0.25) is 0 Å². The summed E-state index contributed by atoms with van der Waals surface area (Å²) in [5, 5.41) is 5.96. The third-order valence-electron chi connectivity index (χ3n) is 4.12. The van der Waals surface area contributed by atoms with Crippen LogP contribution in [-0.2, 0) is 18.9 Å². The van der Waals surface area contributed by atoms with Crippen molar-refractivity contribution >= 4 is 5.91 Å². The SMILES string of the molecule is CC(Cn1ccnc1)NC(=O)c1cnn(-c2cccc(C(F)(F)F)c2)c1C(F)(F)F. The van der Waals surface area contributed by atoms with Gasteiger partial charge in [-0.05, 0) is 25.1 Å². The van der Waals surface area contributed by atoms with E-state index in [0.29, 0.717) is 12.3 Å². The van der Waals surface area contributed by atoms with Gasteiger partial charge in [-0.25, -0.2) is 9.67 Å². The highest BCUT2D eigenvalue weighted by Gasteiger charge is 2.41. The van der Waals surface area contributed by atoms with Crippen molar-refractivity contribution in [1.29, 1.82) is 0 Å². The summed E-state index contributed by atoms with van der Waals surface area (Å²) in [5.41, 5.74) is -3.86. The van der Waals surface area contributed by atoms with Crippen LogP contribution in [0.15, 0.2) is 49.2 Å². The molecule has 1 N–H and O–H groups in total. The number of alkyl halides is 6. The number of nitrogens with one attached hydrogen (secondary N) is 1. The number of aromatic nitrogens is 4. The molecule has 12 heteroatoms. The van der Waals surface area contributed by atoms with Crippen molar-refractivity contribution in [3.05, 3.63) is 66.0 Å². The Hall–Kier alpha value is -3.31. The maximum atomic E-state index is 13.7. The van der Waals surface area contributed by atoms with E-state index in [0.717, 1.165) is 18.2 Å². The fourth-order valence-electron chi connectivity index (χ4n) is 2.86. The summed E-state index contributed by atoms with van der Waals surface area (Å²) >= 11 is 0. The molecular formula is C18H15F6N5O. The van der Waals surface area contributed by atoms with E-state index in [1.165, 1.54) is 12.5 Å². The third-order valence-corrected chi connectivity index (χ3v) is 4.12. The van der Waals surface area contributed by atoms with E-state index in [4.69, 9.17) is 0 Å². The van der Waals surface area contributed by atoms with Crippen molar-refractivity contribution in [2.45, 2.75) is 31.9 Å². The zero-order chi connectivity index (χ0) is 22.1. The molecule has 2 heterocycles. The van der Waals surface area contributed by atoms with Gasteiger partial charge in [-0.1, -0.05) is 6.07 Å². The minimum absolute atomic E-state index is 0.259. The van der Waals surface area contributed by atoms with Crippen LogP contribution in [0.25, 0.3) is 5.69 Å². The molecule has 1 unspecified atom stereocenters. The molecule has 3 aromatic rings. The van der Waals surface area contributed by atoms with Crippen LogP contribution in [0.4, 0.5) is 26.3 Å². The van der Waals surface area contributed by atoms with Crippen LogP contribution >= 0.6 is 0 Å². The van der Waals surface area contributed by atoms with Gasteiger partial charge in [0, 0.05) is 25.0 Å². The van der Waals surface area contributed by atoms with Gasteiger partial charge in [0.2, 0.25) is 0 Å². The molecule has 0 aliphatic rings. The number of carbonyl (C=O) groups is 1. The third kappa shape index (κ3) is 4.63. The van der Waals surface area contributed by atoms with Crippen molar-refractivity contribution in [3.8, 4) is 5.69 Å². The lowest BCUT2D eigenvalue weighted by Crippen LogP contribution is -2.36. The first-order valence-corrected chi connectivity index (χ1v) is 8.56. The normalized spacial score (nSPS) is 13.3. The first kappa shape index (κ1) is 21.4. The largest absolute Gasteiger partial charge is 0.434 e. The molecule has 0 fully saturated rings. The van der Waals surface area contributed by atoms with Crippen molar-refractivity contribution in [2.24, 2.45) is 0 Å². The van der Waals surface area contributed by atoms with Crippen LogP contribution in [0.3, 0.4) is 0 Å². The summed E-state index contributed by atoms with van der Waals surface area (Å²) in [7, 11) is 0. The molecule has 0 aliphatic heterocycles. The second-order valence-electron chi connectivity index (χ2n) is 6.50. The molecule has 1 amide bonds. The average molecular weight is 431 g/mol. The van der Waals surface area contributed by atoms with Crippen LogP contribution in [-0.4, -0.2) is 31.3 Å². The molecule has 0 aliphatic carbocycles. The Bertz CT molecular complexity index is 1020. The Morgan fingerprint density at radius 1 is 1.17 bits per heavy atom. The molecule has 0 radical (unpaired) electrons. The monoisotopic (exact) mass is 431 g/mol. The lowest BCUT2D eigenvalue weighted by molar-refractivity contribution is -0.143. The number of halogens is 6. The van der Waals surface area contributed by atoms with E-state index >= 15 is 0 Å². The van der Waals surface area contributed by atoms with Gasteiger partial charge in [-0.2, -0.15) is 31.4 Å². The van der Waals surface area contributed by atoms with Crippen LogP contribution in [0, 0.1) is 0 Å². The summed E-state index contributed by atoms with van der Waals surface area (Å²) in [6.07, 6.45) is -4.49. The molecule has 0 saturated heterocycles. The molecule has 30 heavy (non-hydrogen) atoms. The van der Waals surface area contributed by atoms with Crippen LogP contribution in [0.1, 0.15) is 28.5 Å². The zero-order valence-corrected chi connectivity index (χ0v) is 15.4. The van der Waals surface area contributed by atoms with E-state index in [9.17, 15) is 31.1 Å². The number of nitrogens with zero attached hydrogens (tertiary/aromatic N) is 4. The molecule has 1 aromatic carbocycles. The van der Waals surface area contributed by atoms with Crippen molar-refractivity contribution in [2.75, 3.05) is 0 Å². The lowest BCUT2D eigenvalue weighted by Gasteiger charge is -2.16. The summed E-state index contributed by atoms with van der Waals surface area (Å²) in [4.78, 5) is 16.3.